The van der Waals surface area contributed by atoms with E-state index in [0.717, 1.165) is 49.3 Å². The number of carbonyl (C=O) groups is 1. The lowest BCUT2D eigenvalue weighted by atomic mass is 9.96. The molecular weight excluding hydrogens is 262 g/mol. The van der Waals surface area contributed by atoms with Crippen molar-refractivity contribution in [3.05, 3.63) is 54.2 Å². The van der Waals surface area contributed by atoms with Crippen LogP contribution >= 0.6 is 0 Å². The van der Waals surface area contributed by atoms with Crippen molar-refractivity contribution in [1.82, 2.24) is 9.88 Å². The zero-order valence-electron chi connectivity index (χ0n) is 11.9. The Morgan fingerprint density at radius 3 is 2.81 bits per heavy atom. The van der Waals surface area contributed by atoms with E-state index in [1.807, 2.05) is 41.3 Å². The maximum Gasteiger partial charge on any atom is 0.210 e. The summed E-state index contributed by atoms with van der Waals surface area (Å²) in [6, 6.07) is 14.1. The fourth-order valence-corrected chi connectivity index (χ4v) is 2.86. The van der Waals surface area contributed by atoms with Gasteiger partial charge in [-0.2, -0.15) is 0 Å². The van der Waals surface area contributed by atoms with E-state index >= 15 is 0 Å². The van der Waals surface area contributed by atoms with Crippen molar-refractivity contribution in [3.63, 3.8) is 0 Å². The van der Waals surface area contributed by atoms with Crippen molar-refractivity contribution in [2.45, 2.75) is 25.3 Å². The van der Waals surface area contributed by atoms with Crippen LogP contribution in [0.25, 0.3) is 0 Å². The molecule has 3 rings (SSSR count). The molecule has 1 N–H and O–H groups in total. The predicted molar refractivity (Wildman–Crippen MR) is 83.3 cm³/mol. The van der Waals surface area contributed by atoms with E-state index in [0.29, 0.717) is 0 Å². The minimum absolute atomic E-state index is 0.121. The molecule has 1 unspecified atom stereocenters. The zero-order valence-corrected chi connectivity index (χ0v) is 11.9. The molecule has 21 heavy (non-hydrogen) atoms. The number of nitrogens with one attached hydrogen (secondary N) is 1. The summed E-state index contributed by atoms with van der Waals surface area (Å²) in [5.74, 6) is 0.836. The predicted octanol–water partition coefficient (Wildman–Crippen LogP) is 3.51. The number of benzene rings is 1. The van der Waals surface area contributed by atoms with E-state index in [4.69, 9.17) is 0 Å². The first kappa shape index (κ1) is 13.6. The molecule has 4 nitrogen and oxygen atoms in total. The van der Waals surface area contributed by atoms with Crippen LogP contribution in [0.1, 0.15) is 30.9 Å². The Morgan fingerprint density at radius 2 is 2.00 bits per heavy atom. The van der Waals surface area contributed by atoms with Gasteiger partial charge in [0, 0.05) is 24.0 Å². The number of hydrogen-bond acceptors (Lipinski definition) is 3. The van der Waals surface area contributed by atoms with Crippen LogP contribution in [0.3, 0.4) is 0 Å². The molecule has 1 fully saturated rings. The summed E-state index contributed by atoms with van der Waals surface area (Å²) in [6.45, 7) is 0.827. The van der Waals surface area contributed by atoms with Gasteiger partial charge in [0.1, 0.15) is 5.82 Å². The van der Waals surface area contributed by atoms with Crippen LogP contribution < -0.4 is 5.32 Å². The molecule has 1 aliphatic heterocycles. The van der Waals surface area contributed by atoms with Gasteiger partial charge >= 0.3 is 0 Å². The van der Waals surface area contributed by atoms with E-state index in [9.17, 15) is 4.79 Å². The molecule has 0 spiro atoms. The lowest BCUT2D eigenvalue weighted by Crippen LogP contribution is -2.32. The topological polar surface area (TPSA) is 45.2 Å². The summed E-state index contributed by atoms with van der Waals surface area (Å²) in [7, 11) is 0. The highest BCUT2D eigenvalue weighted by Crippen LogP contribution is 2.34. The van der Waals surface area contributed by atoms with Crippen LogP contribution in [-0.2, 0) is 4.79 Å². The van der Waals surface area contributed by atoms with Gasteiger partial charge in [0.2, 0.25) is 6.41 Å². The number of amides is 1. The van der Waals surface area contributed by atoms with Crippen molar-refractivity contribution < 1.29 is 4.79 Å². The highest BCUT2D eigenvalue weighted by atomic mass is 16.1. The van der Waals surface area contributed by atoms with Crippen LogP contribution in [0.4, 0.5) is 11.5 Å². The van der Waals surface area contributed by atoms with Gasteiger partial charge in [-0.05, 0) is 37.5 Å². The minimum Gasteiger partial charge on any atom is -0.340 e. The van der Waals surface area contributed by atoms with Gasteiger partial charge in [-0.1, -0.05) is 24.3 Å². The molecule has 1 atom stereocenters. The summed E-state index contributed by atoms with van der Waals surface area (Å²) >= 11 is 0. The van der Waals surface area contributed by atoms with Gasteiger partial charge in [0.25, 0.3) is 0 Å². The Labute approximate surface area is 124 Å². The Kier molecular flexibility index (Phi) is 4.15. The highest BCUT2D eigenvalue weighted by Gasteiger charge is 2.25. The second-order valence-electron chi connectivity index (χ2n) is 5.29. The van der Waals surface area contributed by atoms with Crippen molar-refractivity contribution in [1.29, 1.82) is 0 Å². The Bertz CT molecular complexity index is 600. The van der Waals surface area contributed by atoms with E-state index in [-0.39, 0.29) is 6.04 Å². The first-order chi connectivity index (χ1) is 10.4. The van der Waals surface area contributed by atoms with E-state index in [1.165, 1.54) is 0 Å². The summed E-state index contributed by atoms with van der Waals surface area (Å²) in [5.41, 5.74) is 2.10. The molecule has 4 heteroatoms. The lowest BCUT2D eigenvalue weighted by molar-refractivity contribution is -0.121. The molecule has 1 amide bonds. The first-order valence-corrected chi connectivity index (χ1v) is 7.36. The number of aromatic nitrogens is 1. The minimum atomic E-state index is 0.121. The molecule has 1 aromatic carbocycles. The van der Waals surface area contributed by atoms with E-state index in [1.54, 1.807) is 6.20 Å². The van der Waals surface area contributed by atoms with Crippen molar-refractivity contribution >= 4 is 17.9 Å². The number of hydrogen-bond donors (Lipinski definition) is 1. The normalized spacial score (nSPS) is 18.3. The Balaban J connectivity index is 1.90. The summed E-state index contributed by atoms with van der Waals surface area (Å²) < 4.78 is 0. The van der Waals surface area contributed by atoms with Crippen LogP contribution in [0.5, 0.6) is 0 Å². The molecule has 2 heterocycles. The second-order valence-corrected chi connectivity index (χ2v) is 5.29. The summed E-state index contributed by atoms with van der Waals surface area (Å²) in [6.07, 6.45) is 5.96. The Hall–Kier alpha value is -2.36. The quantitative estimate of drug-likeness (QED) is 0.872. The third-order valence-corrected chi connectivity index (χ3v) is 3.91. The summed E-state index contributed by atoms with van der Waals surface area (Å²) in [4.78, 5) is 17.6. The van der Waals surface area contributed by atoms with Gasteiger partial charge in [0.15, 0.2) is 0 Å². The van der Waals surface area contributed by atoms with E-state index in [2.05, 4.69) is 16.4 Å². The maximum atomic E-state index is 11.3. The number of likely N-dealkylation sites (tertiary alicyclic amines) is 1. The monoisotopic (exact) mass is 281 g/mol. The number of carbonyl (C=O) groups excluding carboxylic acids is 1. The molecule has 0 saturated carbocycles. The maximum absolute atomic E-state index is 11.3. The average molecular weight is 281 g/mol. The number of pyridine rings is 1. The molecule has 2 aromatic rings. The molecule has 1 saturated heterocycles. The average Bonchev–Trinajstić information content (AvgIpc) is 2.56. The van der Waals surface area contributed by atoms with Crippen molar-refractivity contribution in [3.8, 4) is 0 Å². The fourth-order valence-electron chi connectivity index (χ4n) is 2.86. The molecule has 0 radical (unpaired) electrons. The molecule has 1 aromatic heterocycles. The number of anilines is 2. The highest BCUT2D eigenvalue weighted by molar-refractivity contribution is 5.61. The van der Waals surface area contributed by atoms with Crippen molar-refractivity contribution in [2.24, 2.45) is 0 Å². The van der Waals surface area contributed by atoms with Crippen LogP contribution in [0, 0.1) is 0 Å². The first-order valence-electron chi connectivity index (χ1n) is 7.36. The van der Waals surface area contributed by atoms with Crippen molar-refractivity contribution in [2.75, 3.05) is 11.9 Å². The lowest BCUT2D eigenvalue weighted by Gasteiger charge is -2.33. The van der Waals surface area contributed by atoms with Gasteiger partial charge in [-0.15, -0.1) is 0 Å². The summed E-state index contributed by atoms with van der Waals surface area (Å²) in [5, 5.41) is 3.36. The molecule has 0 aliphatic carbocycles. The molecule has 108 valence electrons. The number of nitrogens with zero attached hydrogens (tertiary/aromatic N) is 2. The number of rotatable bonds is 4. The number of para-hydroxylation sites is 1. The third kappa shape index (κ3) is 3.05. The van der Waals surface area contributed by atoms with Gasteiger partial charge in [-0.25, -0.2) is 4.98 Å². The van der Waals surface area contributed by atoms with Crippen LogP contribution in [-0.4, -0.2) is 22.8 Å². The molecular formula is C17H19N3O. The third-order valence-electron chi connectivity index (χ3n) is 3.91. The molecule has 0 bridgehead atoms. The largest absolute Gasteiger partial charge is 0.340 e. The van der Waals surface area contributed by atoms with E-state index < -0.39 is 0 Å². The fraction of sp³-hybridized carbons (Fsp3) is 0.294. The van der Waals surface area contributed by atoms with Gasteiger partial charge in [-0.3, -0.25) is 4.79 Å². The second kappa shape index (κ2) is 6.39. The Morgan fingerprint density at radius 1 is 1.14 bits per heavy atom. The zero-order chi connectivity index (χ0) is 14.5. The molecule has 1 aliphatic rings. The SMILES string of the molecule is O=CN1CCCCC1c1cccnc1Nc1ccccc1. The van der Waals surface area contributed by atoms with Crippen LogP contribution in [0.15, 0.2) is 48.7 Å². The smallest absolute Gasteiger partial charge is 0.210 e. The number of piperidine rings is 1. The van der Waals surface area contributed by atoms with Crippen LogP contribution in [0.2, 0.25) is 0 Å². The standard InChI is InChI=1S/C17H19N3O/c21-13-20-12-5-4-10-16(20)15-9-6-11-18-17(15)19-14-7-2-1-3-8-14/h1-3,6-9,11,13,16H,4-5,10,12H2,(H,18,19). The van der Waals surface area contributed by atoms with Gasteiger partial charge in [0.05, 0.1) is 6.04 Å². The van der Waals surface area contributed by atoms with Gasteiger partial charge < -0.3 is 10.2 Å².